The standard InChI is InChI=1S/C34H59N5O4Si3/c1-32(2,3)44(10,11)40-21-24-26(42-45(12,13)33(4,5)6)27(43-46(14,15)34(7,8)9)31(41-24)39-29(23-19-17-16-18-20-23)38-25-28(35)36-22-37-30(25)39/h16-20,22,24,26-27,31H,21H2,1-15H3,(H2,35,36,37)/t24-,26-,27-,31-/m1/s1. The van der Waals surface area contributed by atoms with E-state index in [1.54, 1.807) is 0 Å². The van der Waals surface area contributed by atoms with Gasteiger partial charge in [-0.05, 0) is 54.4 Å². The van der Waals surface area contributed by atoms with Crippen molar-refractivity contribution in [1.82, 2.24) is 19.5 Å². The molecule has 2 N–H and O–H groups in total. The Morgan fingerprint density at radius 1 is 0.761 bits per heavy atom. The number of aromatic nitrogens is 4. The number of anilines is 1. The Bertz CT molecular complexity index is 1510. The first-order chi connectivity index (χ1) is 20.9. The van der Waals surface area contributed by atoms with Crippen LogP contribution < -0.4 is 5.73 Å². The molecule has 4 atom stereocenters. The van der Waals surface area contributed by atoms with Gasteiger partial charge < -0.3 is 23.7 Å². The molecule has 0 aliphatic carbocycles. The SMILES string of the molecule is CC(C)(C)[Si](C)(C)OC[C@H]1O[C@@H](n2c(-c3ccccc3)nc3c(N)ncnc32)[C@H](O[Si](C)(C)C(C)(C)C)[C@@H]1O[Si](C)(C)C(C)(C)C. The van der Waals surface area contributed by atoms with Gasteiger partial charge in [0.25, 0.3) is 0 Å². The van der Waals surface area contributed by atoms with E-state index in [4.69, 9.17) is 33.7 Å². The summed E-state index contributed by atoms with van der Waals surface area (Å²) in [5, 5.41) is -0.00993. The monoisotopic (exact) mass is 685 g/mol. The molecule has 1 saturated heterocycles. The molecule has 2 aromatic heterocycles. The smallest absolute Gasteiger partial charge is 0.192 e. The van der Waals surface area contributed by atoms with Gasteiger partial charge in [-0.2, -0.15) is 0 Å². The fraction of sp³-hybridized carbons (Fsp3) is 0.676. The molecule has 0 unspecified atom stereocenters. The van der Waals surface area contributed by atoms with E-state index in [0.717, 1.165) is 5.56 Å². The molecule has 0 spiro atoms. The molecule has 0 amide bonds. The average molecular weight is 686 g/mol. The maximum atomic E-state index is 7.41. The highest BCUT2D eigenvalue weighted by Gasteiger charge is 2.55. The van der Waals surface area contributed by atoms with Gasteiger partial charge in [0.1, 0.15) is 30.5 Å². The summed E-state index contributed by atoms with van der Waals surface area (Å²) in [6, 6.07) is 10.1. The first-order valence-electron chi connectivity index (χ1n) is 16.6. The Balaban J connectivity index is 1.96. The van der Waals surface area contributed by atoms with E-state index < -0.39 is 37.3 Å². The fourth-order valence-corrected chi connectivity index (χ4v) is 8.44. The van der Waals surface area contributed by atoms with E-state index >= 15 is 0 Å². The number of nitrogens with two attached hydrogens (primary N) is 1. The van der Waals surface area contributed by atoms with Crippen molar-refractivity contribution in [2.75, 3.05) is 12.3 Å². The van der Waals surface area contributed by atoms with Gasteiger partial charge in [-0.1, -0.05) is 92.6 Å². The van der Waals surface area contributed by atoms with Crippen molar-refractivity contribution >= 4 is 41.9 Å². The molecule has 4 rings (SSSR count). The summed E-state index contributed by atoms with van der Waals surface area (Å²) in [6.07, 6.45) is -0.288. The van der Waals surface area contributed by atoms with Crippen molar-refractivity contribution in [3.8, 4) is 11.4 Å². The molecule has 0 bridgehead atoms. The molecule has 256 valence electrons. The molecule has 0 radical (unpaired) electrons. The van der Waals surface area contributed by atoms with Gasteiger partial charge in [0.2, 0.25) is 0 Å². The molecule has 1 fully saturated rings. The van der Waals surface area contributed by atoms with E-state index in [9.17, 15) is 0 Å². The Labute approximate surface area is 280 Å². The molecule has 1 aliphatic rings. The summed E-state index contributed by atoms with van der Waals surface area (Å²) in [5.41, 5.74) is 8.48. The van der Waals surface area contributed by atoms with Crippen LogP contribution in [0, 0.1) is 0 Å². The normalized spacial score (nSPS) is 22.2. The minimum Gasteiger partial charge on any atom is -0.414 e. The third-order valence-corrected chi connectivity index (χ3v) is 24.4. The van der Waals surface area contributed by atoms with E-state index in [2.05, 4.69) is 111 Å². The van der Waals surface area contributed by atoms with Gasteiger partial charge in [-0.3, -0.25) is 4.57 Å². The number of nitrogens with zero attached hydrogens (tertiary/aromatic N) is 4. The number of ether oxygens (including phenoxy) is 1. The summed E-state index contributed by atoms with van der Waals surface area (Å²) in [5.74, 6) is 1.03. The summed E-state index contributed by atoms with van der Waals surface area (Å²) in [6.45, 7) is 34.5. The Morgan fingerprint density at radius 2 is 1.28 bits per heavy atom. The summed E-state index contributed by atoms with van der Waals surface area (Å²) in [7, 11) is -6.76. The Hall–Kier alpha value is -1.94. The maximum Gasteiger partial charge on any atom is 0.192 e. The van der Waals surface area contributed by atoms with Crippen LogP contribution in [0.2, 0.25) is 54.4 Å². The van der Waals surface area contributed by atoms with Crippen LogP contribution >= 0.6 is 0 Å². The van der Waals surface area contributed by atoms with Crippen LogP contribution in [0.1, 0.15) is 68.5 Å². The second-order valence-electron chi connectivity index (χ2n) is 17.4. The lowest BCUT2D eigenvalue weighted by molar-refractivity contribution is -0.0462. The molecule has 1 aliphatic heterocycles. The molecule has 9 nitrogen and oxygen atoms in total. The molecular weight excluding hydrogens is 627 g/mol. The Morgan fingerprint density at radius 3 is 1.80 bits per heavy atom. The predicted octanol–water partition coefficient (Wildman–Crippen LogP) is 8.78. The second-order valence-corrected chi connectivity index (χ2v) is 31.7. The number of hydrogen-bond donors (Lipinski definition) is 1. The number of rotatable bonds is 9. The molecule has 3 heterocycles. The molecule has 46 heavy (non-hydrogen) atoms. The lowest BCUT2D eigenvalue weighted by atomic mass is 10.1. The number of benzene rings is 1. The highest BCUT2D eigenvalue weighted by molar-refractivity contribution is 6.75. The minimum atomic E-state index is -2.35. The van der Waals surface area contributed by atoms with Gasteiger partial charge in [0.15, 0.2) is 48.2 Å². The summed E-state index contributed by atoms with van der Waals surface area (Å²) in [4.78, 5) is 14.0. The van der Waals surface area contributed by atoms with Crippen LogP contribution in [0.25, 0.3) is 22.6 Å². The largest absolute Gasteiger partial charge is 0.414 e. The first kappa shape index (κ1) is 36.9. The Kier molecular flexibility index (Phi) is 10.0. The molecular formula is C34H59N5O4Si3. The van der Waals surface area contributed by atoms with Crippen molar-refractivity contribution in [3.05, 3.63) is 36.7 Å². The second kappa shape index (κ2) is 12.5. The van der Waals surface area contributed by atoms with Crippen LogP contribution in [-0.2, 0) is 18.0 Å². The van der Waals surface area contributed by atoms with E-state index in [-0.39, 0.29) is 27.3 Å². The predicted molar refractivity (Wildman–Crippen MR) is 196 cm³/mol. The fourth-order valence-electron chi connectivity index (χ4n) is 4.82. The van der Waals surface area contributed by atoms with Gasteiger partial charge >= 0.3 is 0 Å². The van der Waals surface area contributed by atoms with Crippen LogP contribution in [0.15, 0.2) is 36.7 Å². The zero-order chi connectivity index (χ0) is 34.7. The van der Waals surface area contributed by atoms with Crippen molar-refractivity contribution in [1.29, 1.82) is 0 Å². The number of nitrogen functional groups attached to an aromatic ring is 1. The summed E-state index contributed by atoms with van der Waals surface area (Å²) < 4.78 is 30.9. The van der Waals surface area contributed by atoms with Crippen molar-refractivity contribution < 1.29 is 18.0 Å². The lowest BCUT2D eigenvalue weighted by Gasteiger charge is -2.44. The van der Waals surface area contributed by atoms with Crippen molar-refractivity contribution in [2.45, 2.75) is 141 Å². The van der Waals surface area contributed by atoms with E-state index in [0.29, 0.717) is 29.4 Å². The zero-order valence-electron chi connectivity index (χ0n) is 31.0. The van der Waals surface area contributed by atoms with Crippen LogP contribution in [0.3, 0.4) is 0 Å². The number of imidazole rings is 1. The lowest BCUT2D eigenvalue weighted by Crippen LogP contribution is -2.54. The van der Waals surface area contributed by atoms with Gasteiger partial charge in [0.05, 0.1) is 6.61 Å². The quantitative estimate of drug-likeness (QED) is 0.223. The first-order valence-corrected chi connectivity index (χ1v) is 25.3. The van der Waals surface area contributed by atoms with E-state index in [1.165, 1.54) is 6.33 Å². The van der Waals surface area contributed by atoms with Gasteiger partial charge in [-0.15, -0.1) is 0 Å². The molecule has 0 saturated carbocycles. The molecule has 3 aromatic rings. The zero-order valence-corrected chi connectivity index (χ0v) is 34.0. The topological polar surface area (TPSA) is 107 Å². The van der Waals surface area contributed by atoms with Crippen LogP contribution in [0.5, 0.6) is 0 Å². The number of fused-ring (bicyclic) bond motifs is 1. The third-order valence-electron chi connectivity index (χ3n) is 11.0. The molecule has 12 heteroatoms. The highest BCUT2D eigenvalue weighted by Crippen LogP contribution is 2.48. The highest BCUT2D eigenvalue weighted by atomic mass is 28.4. The molecule has 1 aromatic carbocycles. The minimum absolute atomic E-state index is 0.0178. The van der Waals surface area contributed by atoms with Crippen molar-refractivity contribution in [2.24, 2.45) is 0 Å². The van der Waals surface area contributed by atoms with Gasteiger partial charge in [-0.25, -0.2) is 15.0 Å². The van der Waals surface area contributed by atoms with Crippen LogP contribution in [-0.4, -0.2) is 69.4 Å². The van der Waals surface area contributed by atoms with Crippen molar-refractivity contribution in [3.63, 3.8) is 0 Å². The summed E-state index contributed by atoms with van der Waals surface area (Å²) >= 11 is 0. The average Bonchev–Trinajstić information content (AvgIpc) is 3.44. The maximum absolute atomic E-state index is 7.41. The van der Waals surface area contributed by atoms with E-state index in [1.807, 2.05) is 30.3 Å². The number of hydrogen-bond acceptors (Lipinski definition) is 8. The van der Waals surface area contributed by atoms with Crippen LogP contribution in [0.4, 0.5) is 5.82 Å². The third kappa shape index (κ3) is 7.23. The van der Waals surface area contributed by atoms with Gasteiger partial charge in [0, 0.05) is 5.56 Å².